The summed E-state index contributed by atoms with van der Waals surface area (Å²) in [7, 11) is -2.53. The molecule has 35 heavy (non-hydrogen) atoms. The van der Waals surface area contributed by atoms with Gasteiger partial charge in [-0.2, -0.15) is 0 Å². The zero-order valence-corrected chi connectivity index (χ0v) is 20.7. The van der Waals surface area contributed by atoms with E-state index >= 15 is 0 Å². The normalized spacial score (nSPS) is 14.3. The number of methoxy groups -OCH3 is 1. The van der Waals surface area contributed by atoms with Gasteiger partial charge in [0.2, 0.25) is 0 Å². The van der Waals surface area contributed by atoms with Gasteiger partial charge in [-0.25, -0.2) is 17.2 Å². The molecule has 2 heterocycles. The van der Waals surface area contributed by atoms with Crippen molar-refractivity contribution >= 4 is 27.9 Å². The third kappa shape index (κ3) is 5.09. The standard InChI is InChI=1S/C24H30N6O4S/c1-16-20(14-18(25)8-6-7-13-29-15-21(27-28-29)24(31)34-2)23(26)30(22(16)17-11-12-17)35(32,33)19-9-4-3-5-10-19/h3-5,9-10,14-15,17H,6-8,11-13,25-26H2,1-2H3/b18-14-. The maximum atomic E-state index is 13.5. The van der Waals surface area contributed by atoms with E-state index in [9.17, 15) is 13.2 Å². The number of benzene rings is 1. The van der Waals surface area contributed by atoms with Gasteiger partial charge in [0.1, 0.15) is 5.82 Å². The molecule has 4 rings (SSSR count). The highest BCUT2D eigenvalue weighted by molar-refractivity contribution is 7.90. The first-order chi connectivity index (χ1) is 16.7. The Morgan fingerprint density at radius 2 is 1.94 bits per heavy atom. The van der Waals surface area contributed by atoms with Gasteiger partial charge >= 0.3 is 5.97 Å². The van der Waals surface area contributed by atoms with Gasteiger partial charge in [0, 0.05) is 29.4 Å². The highest BCUT2D eigenvalue weighted by atomic mass is 32.2. The number of anilines is 1. The van der Waals surface area contributed by atoms with E-state index in [-0.39, 0.29) is 22.3 Å². The number of unbranched alkanes of at least 4 members (excludes halogenated alkanes) is 1. The van der Waals surface area contributed by atoms with Crippen LogP contribution in [0.5, 0.6) is 0 Å². The Morgan fingerprint density at radius 1 is 1.23 bits per heavy atom. The number of esters is 1. The fourth-order valence-electron chi connectivity index (χ4n) is 4.16. The van der Waals surface area contributed by atoms with Crippen LogP contribution in [0.3, 0.4) is 0 Å². The summed E-state index contributed by atoms with van der Waals surface area (Å²) >= 11 is 0. The van der Waals surface area contributed by atoms with Crippen molar-refractivity contribution in [3.8, 4) is 0 Å². The Kier molecular flexibility index (Phi) is 6.97. The lowest BCUT2D eigenvalue weighted by Gasteiger charge is -2.12. The predicted molar refractivity (Wildman–Crippen MR) is 132 cm³/mol. The summed E-state index contributed by atoms with van der Waals surface area (Å²) in [6.07, 6.45) is 7.35. The molecule has 1 aliphatic rings. The van der Waals surface area contributed by atoms with Gasteiger partial charge in [0.25, 0.3) is 10.0 Å². The first-order valence-corrected chi connectivity index (χ1v) is 12.9. The van der Waals surface area contributed by atoms with E-state index in [2.05, 4.69) is 15.0 Å². The molecule has 0 unspecified atom stereocenters. The molecule has 186 valence electrons. The van der Waals surface area contributed by atoms with Crippen molar-refractivity contribution in [2.45, 2.75) is 56.4 Å². The van der Waals surface area contributed by atoms with E-state index in [1.807, 2.05) is 6.92 Å². The first-order valence-electron chi connectivity index (χ1n) is 11.5. The lowest BCUT2D eigenvalue weighted by molar-refractivity contribution is 0.0594. The molecule has 11 heteroatoms. The Morgan fingerprint density at radius 3 is 2.60 bits per heavy atom. The number of nitrogen functional groups attached to an aromatic ring is 1. The summed E-state index contributed by atoms with van der Waals surface area (Å²) in [5, 5.41) is 7.70. The summed E-state index contributed by atoms with van der Waals surface area (Å²) in [5.74, 6) is -0.158. The van der Waals surface area contributed by atoms with E-state index in [0.29, 0.717) is 24.2 Å². The van der Waals surface area contributed by atoms with Crippen LogP contribution in [-0.2, 0) is 21.3 Å². The number of nitrogens with zero attached hydrogens (tertiary/aromatic N) is 4. The molecule has 1 fully saturated rings. The smallest absolute Gasteiger partial charge is 0.360 e. The monoisotopic (exact) mass is 498 g/mol. The molecule has 10 nitrogen and oxygen atoms in total. The summed E-state index contributed by atoms with van der Waals surface area (Å²) in [6, 6.07) is 8.33. The maximum Gasteiger partial charge on any atom is 0.360 e. The van der Waals surface area contributed by atoms with Gasteiger partial charge in [-0.3, -0.25) is 4.68 Å². The van der Waals surface area contributed by atoms with Crippen LogP contribution in [0.1, 0.15) is 65.3 Å². The molecule has 3 aromatic rings. The number of rotatable bonds is 10. The van der Waals surface area contributed by atoms with E-state index < -0.39 is 16.0 Å². The highest BCUT2D eigenvalue weighted by Crippen LogP contribution is 2.46. The number of allylic oxidation sites excluding steroid dienone is 1. The van der Waals surface area contributed by atoms with Gasteiger partial charge in [-0.05, 0) is 62.8 Å². The molecule has 0 amide bonds. The van der Waals surface area contributed by atoms with Crippen molar-refractivity contribution in [2.24, 2.45) is 5.73 Å². The Labute approximate surface area is 204 Å². The molecule has 1 saturated carbocycles. The number of carbonyl (C=O) groups excluding carboxylic acids is 1. The predicted octanol–water partition coefficient (Wildman–Crippen LogP) is 3.04. The molecular formula is C24H30N6O4S. The lowest BCUT2D eigenvalue weighted by Crippen LogP contribution is -2.18. The Balaban J connectivity index is 1.50. The quantitative estimate of drug-likeness (QED) is 0.320. The van der Waals surface area contributed by atoms with Crippen LogP contribution >= 0.6 is 0 Å². The van der Waals surface area contributed by atoms with E-state index in [4.69, 9.17) is 11.5 Å². The van der Waals surface area contributed by atoms with Crippen LogP contribution in [0.2, 0.25) is 0 Å². The van der Waals surface area contributed by atoms with Gasteiger partial charge in [0.05, 0.1) is 18.2 Å². The molecule has 1 aliphatic carbocycles. The number of ether oxygens (including phenoxy) is 1. The van der Waals surface area contributed by atoms with Gasteiger partial charge in [-0.15, -0.1) is 5.10 Å². The third-order valence-electron chi connectivity index (χ3n) is 6.11. The Hall–Kier alpha value is -3.60. The minimum Gasteiger partial charge on any atom is -0.464 e. The number of aryl methyl sites for hydroxylation is 1. The highest BCUT2D eigenvalue weighted by Gasteiger charge is 2.36. The number of carbonyl (C=O) groups is 1. The van der Waals surface area contributed by atoms with Crippen molar-refractivity contribution < 1.29 is 17.9 Å². The minimum atomic E-state index is -3.83. The first kappa shape index (κ1) is 24.5. The van der Waals surface area contributed by atoms with Crippen molar-refractivity contribution in [1.29, 1.82) is 0 Å². The summed E-state index contributed by atoms with van der Waals surface area (Å²) < 4.78 is 34.4. The summed E-state index contributed by atoms with van der Waals surface area (Å²) in [5.41, 5.74) is 15.8. The van der Waals surface area contributed by atoms with Crippen molar-refractivity contribution in [3.63, 3.8) is 0 Å². The number of nitrogens with two attached hydrogens (primary N) is 2. The van der Waals surface area contributed by atoms with Gasteiger partial charge in [0.15, 0.2) is 5.69 Å². The van der Waals surface area contributed by atoms with Crippen LogP contribution in [0.25, 0.3) is 6.08 Å². The van der Waals surface area contributed by atoms with Crippen molar-refractivity contribution in [2.75, 3.05) is 12.8 Å². The van der Waals surface area contributed by atoms with Gasteiger partial charge < -0.3 is 16.2 Å². The third-order valence-corrected chi connectivity index (χ3v) is 7.85. The molecular weight excluding hydrogens is 468 g/mol. The molecule has 4 N–H and O–H groups in total. The van der Waals surface area contributed by atoms with Crippen LogP contribution in [0.4, 0.5) is 5.82 Å². The van der Waals surface area contributed by atoms with E-state index in [1.165, 1.54) is 11.1 Å². The van der Waals surface area contributed by atoms with Crippen LogP contribution in [0, 0.1) is 6.92 Å². The molecule has 0 aliphatic heterocycles. The minimum absolute atomic E-state index is 0.166. The average molecular weight is 499 g/mol. The second kappa shape index (κ2) is 9.95. The lowest BCUT2D eigenvalue weighted by atomic mass is 10.1. The van der Waals surface area contributed by atoms with E-state index in [1.54, 1.807) is 47.3 Å². The summed E-state index contributed by atoms with van der Waals surface area (Å²) in [6.45, 7) is 2.49. The molecule has 1 aromatic carbocycles. The number of hydrogen-bond acceptors (Lipinski definition) is 8. The average Bonchev–Trinajstić information content (AvgIpc) is 3.52. The molecule has 0 bridgehead atoms. The van der Waals surface area contributed by atoms with Gasteiger partial charge in [-0.1, -0.05) is 23.4 Å². The van der Waals surface area contributed by atoms with E-state index in [0.717, 1.165) is 36.9 Å². The molecule has 0 radical (unpaired) electrons. The molecule has 0 saturated heterocycles. The SMILES string of the molecule is COC(=O)c1cn(CCCC/C(N)=C/c2c(C)c(C3CC3)n(S(=O)(=O)c3ccccc3)c2N)nn1. The van der Waals surface area contributed by atoms with Crippen LogP contribution in [0.15, 0.2) is 47.1 Å². The fraction of sp³-hybridized carbons (Fsp3) is 0.375. The van der Waals surface area contributed by atoms with Crippen molar-refractivity contribution in [3.05, 3.63) is 64.7 Å². The second-order valence-corrected chi connectivity index (χ2v) is 10.5. The Bertz CT molecular complexity index is 1350. The molecule has 0 atom stereocenters. The fourth-order valence-corrected chi connectivity index (χ4v) is 5.77. The topological polar surface area (TPSA) is 148 Å². The zero-order chi connectivity index (χ0) is 25.2. The summed E-state index contributed by atoms with van der Waals surface area (Å²) in [4.78, 5) is 11.7. The van der Waals surface area contributed by atoms with Crippen molar-refractivity contribution in [1.82, 2.24) is 19.0 Å². The molecule has 2 aromatic heterocycles. The maximum absolute atomic E-state index is 13.5. The zero-order valence-electron chi connectivity index (χ0n) is 19.8. The second-order valence-electron chi connectivity index (χ2n) is 8.70. The molecule has 0 spiro atoms. The van der Waals surface area contributed by atoms with Crippen LogP contribution < -0.4 is 11.5 Å². The number of aromatic nitrogens is 4. The van der Waals surface area contributed by atoms with Crippen LogP contribution in [-0.4, -0.2) is 40.5 Å². The largest absolute Gasteiger partial charge is 0.464 e. The number of hydrogen-bond donors (Lipinski definition) is 2.